The minimum absolute atomic E-state index is 0.0204. The van der Waals surface area contributed by atoms with Crippen molar-refractivity contribution in [2.75, 3.05) is 98.2 Å². The molecule has 11 rings (SSSR count). The van der Waals surface area contributed by atoms with Crippen molar-refractivity contribution in [1.82, 2.24) is 9.80 Å². The lowest BCUT2D eigenvalue weighted by Crippen LogP contribution is -2.67. The molecule has 58 heavy (non-hydrogen) atoms. The summed E-state index contributed by atoms with van der Waals surface area (Å²) < 4.78 is 15.4. The van der Waals surface area contributed by atoms with Crippen LogP contribution in [0.4, 0.5) is 0 Å². The number of allylic oxidation sites excluding steroid dienone is 1. The Morgan fingerprint density at radius 2 is 1.24 bits per heavy atom. The lowest BCUT2D eigenvalue weighted by molar-refractivity contribution is -0.941. The van der Waals surface area contributed by atoms with Gasteiger partial charge in [-0.05, 0) is 117 Å². The largest absolute Gasteiger partial charge is 0.465 e. The number of nitrogens with zero attached hydrogens (tertiary/aromatic N) is 4. The minimum Gasteiger partial charge on any atom is -0.465 e. The standard InChI is InChI=1S/C50H84N4O4/c1-37(2)38-14-19-50(36-57-43(55)10-8-28-53-30-22-51(23-31-53)24-32-53)21-20-48(6)39(45(38)50)12-13-41-47(5)17-16-42(46(3,4)40(47)15-18-49(41,48)7)58-44(56)11-9-29-54-33-25-52(26-34-54)27-35-54/h38-42,45H,1,8-36H2,2-7H3/q+2/t38?,39?,40?,41?,42-,45?,47-,48+,49+,50-/m0/s1. The molecule has 11 aliphatic rings. The van der Waals surface area contributed by atoms with Crippen molar-refractivity contribution in [2.45, 2.75) is 138 Å². The Balaban J connectivity index is 0.846. The lowest BCUT2D eigenvalue weighted by atomic mass is 9.32. The number of rotatable bonds is 12. The Kier molecular flexibility index (Phi) is 10.9. The molecule has 0 aromatic carbocycles. The summed E-state index contributed by atoms with van der Waals surface area (Å²) in [5.74, 6) is 3.06. The lowest BCUT2D eigenvalue weighted by Gasteiger charge is -2.73. The SMILES string of the molecule is C=C(C)C1CC[C@@]2(COC(=O)CCC[N+]34CCN(CC3)CC4)CC[C@]3(C)C(CCC4[C@@]5(C)CC[C@H](OC(=O)CCC[N+]67CCN(CC6)CC7)C(C)(C)C5CC[C@]43C)C12. The average molecular weight is 805 g/mol. The highest BCUT2D eigenvalue weighted by atomic mass is 16.5. The fourth-order valence-corrected chi connectivity index (χ4v) is 17.5. The Bertz CT molecular complexity index is 1550. The molecule has 6 saturated heterocycles. The van der Waals surface area contributed by atoms with Gasteiger partial charge in [0.1, 0.15) is 6.10 Å². The molecule has 0 amide bonds. The predicted octanol–water partition coefficient (Wildman–Crippen LogP) is 7.95. The molecule has 4 bridgehead atoms. The van der Waals surface area contributed by atoms with Crippen LogP contribution in [-0.4, -0.2) is 135 Å². The summed E-state index contributed by atoms with van der Waals surface area (Å²) in [6.07, 6.45) is 15.2. The van der Waals surface area contributed by atoms with Gasteiger partial charge in [-0.15, -0.1) is 0 Å². The van der Waals surface area contributed by atoms with E-state index in [1.54, 1.807) is 0 Å². The zero-order valence-electron chi connectivity index (χ0n) is 38.1. The van der Waals surface area contributed by atoms with Gasteiger partial charge in [-0.25, -0.2) is 0 Å². The van der Waals surface area contributed by atoms with E-state index in [1.807, 2.05) is 0 Å². The summed E-state index contributed by atoms with van der Waals surface area (Å²) in [5, 5.41) is 0. The molecular weight excluding hydrogens is 721 g/mol. The minimum atomic E-state index is -0.0263. The van der Waals surface area contributed by atoms with Crippen LogP contribution in [0.5, 0.6) is 0 Å². The average Bonchev–Trinajstić information content (AvgIpc) is 3.60. The van der Waals surface area contributed by atoms with E-state index in [1.165, 1.54) is 151 Å². The molecule has 0 aromatic rings. The van der Waals surface area contributed by atoms with Gasteiger partial charge in [0.2, 0.25) is 0 Å². The molecule has 6 heterocycles. The number of quaternary nitrogens is 2. The van der Waals surface area contributed by atoms with Crippen molar-refractivity contribution < 1.29 is 28.0 Å². The Morgan fingerprint density at radius 1 is 0.655 bits per heavy atom. The van der Waals surface area contributed by atoms with Crippen molar-refractivity contribution in [3.63, 3.8) is 0 Å². The predicted molar refractivity (Wildman–Crippen MR) is 231 cm³/mol. The van der Waals surface area contributed by atoms with E-state index in [0.717, 1.165) is 32.4 Å². The van der Waals surface area contributed by atoms with E-state index >= 15 is 0 Å². The van der Waals surface area contributed by atoms with Crippen LogP contribution in [0.2, 0.25) is 0 Å². The maximum atomic E-state index is 13.5. The molecule has 0 radical (unpaired) electrons. The quantitative estimate of drug-likeness (QED) is 0.114. The van der Waals surface area contributed by atoms with Crippen LogP contribution in [0.25, 0.3) is 0 Å². The van der Waals surface area contributed by atoms with Crippen LogP contribution < -0.4 is 0 Å². The van der Waals surface area contributed by atoms with Crippen LogP contribution >= 0.6 is 0 Å². The summed E-state index contributed by atoms with van der Waals surface area (Å²) >= 11 is 0. The Hall–Kier alpha value is -1.48. The third-order valence-corrected chi connectivity index (χ3v) is 21.3. The zero-order chi connectivity index (χ0) is 40.8. The van der Waals surface area contributed by atoms with Crippen LogP contribution in [-0.2, 0) is 19.1 Å². The third kappa shape index (κ3) is 6.80. The molecule has 0 spiro atoms. The van der Waals surface area contributed by atoms with Crippen LogP contribution in [0.3, 0.4) is 0 Å². The van der Waals surface area contributed by atoms with Crippen molar-refractivity contribution in [3.8, 4) is 0 Å². The fourth-order valence-electron chi connectivity index (χ4n) is 17.5. The highest BCUT2D eigenvalue weighted by molar-refractivity contribution is 5.69. The summed E-state index contributed by atoms with van der Waals surface area (Å²) in [6, 6.07) is 0. The number of piperazine rings is 6. The number of fused-ring (bicyclic) bond motifs is 13. The number of ether oxygens (including phenoxy) is 2. The molecular formula is C50H84N4O4+2. The van der Waals surface area contributed by atoms with Crippen molar-refractivity contribution in [2.24, 2.45) is 56.7 Å². The van der Waals surface area contributed by atoms with Crippen molar-refractivity contribution in [3.05, 3.63) is 12.2 Å². The molecule has 5 unspecified atom stereocenters. The first-order valence-electron chi connectivity index (χ1n) is 24.7. The van der Waals surface area contributed by atoms with Gasteiger partial charge in [0.25, 0.3) is 0 Å². The maximum Gasteiger partial charge on any atom is 0.306 e. The van der Waals surface area contributed by atoms with Crippen molar-refractivity contribution >= 4 is 11.9 Å². The number of carbonyl (C=O) groups excluding carboxylic acids is 2. The fraction of sp³-hybridized carbons (Fsp3) is 0.920. The first kappa shape index (κ1) is 41.9. The molecule has 10 atom stereocenters. The second kappa shape index (κ2) is 15.1. The van der Waals surface area contributed by atoms with Crippen LogP contribution in [0, 0.1) is 56.7 Å². The van der Waals surface area contributed by atoms with Gasteiger partial charge < -0.3 is 18.4 Å². The highest BCUT2D eigenvalue weighted by Gasteiger charge is 2.71. The second-order valence-corrected chi connectivity index (χ2v) is 23.9. The molecule has 5 saturated carbocycles. The topological polar surface area (TPSA) is 59.1 Å². The van der Waals surface area contributed by atoms with E-state index in [9.17, 15) is 9.59 Å². The van der Waals surface area contributed by atoms with Crippen LogP contribution in [0.15, 0.2) is 12.2 Å². The third-order valence-electron chi connectivity index (χ3n) is 21.3. The van der Waals surface area contributed by atoms with E-state index in [-0.39, 0.29) is 45.1 Å². The Labute approximate surface area is 353 Å². The summed E-state index contributed by atoms with van der Waals surface area (Å²) in [5.41, 5.74) is 2.20. The van der Waals surface area contributed by atoms with Gasteiger partial charge in [0, 0.05) is 62.9 Å². The number of hydrogen-bond donors (Lipinski definition) is 0. The van der Waals surface area contributed by atoms with Gasteiger partial charge >= 0.3 is 11.9 Å². The molecule has 5 aliphatic carbocycles. The normalized spacial score (nSPS) is 48.6. The zero-order valence-corrected chi connectivity index (χ0v) is 38.1. The molecule has 0 N–H and O–H groups in total. The monoisotopic (exact) mass is 805 g/mol. The smallest absolute Gasteiger partial charge is 0.306 e. The van der Waals surface area contributed by atoms with Gasteiger partial charge in [-0.3, -0.25) is 19.4 Å². The van der Waals surface area contributed by atoms with Crippen molar-refractivity contribution in [1.29, 1.82) is 0 Å². The summed E-state index contributed by atoms with van der Waals surface area (Å²) in [6.45, 7) is 37.8. The van der Waals surface area contributed by atoms with E-state index in [0.29, 0.717) is 49.0 Å². The molecule has 8 heteroatoms. The summed E-state index contributed by atoms with van der Waals surface area (Å²) in [4.78, 5) is 32.2. The number of esters is 2. The number of carbonyl (C=O) groups is 2. The van der Waals surface area contributed by atoms with Gasteiger partial charge in [-0.2, -0.15) is 0 Å². The van der Waals surface area contributed by atoms with E-state index in [4.69, 9.17) is 9.47 Å². The van der Waals surface area contributed by atoms with E-state index in [2.05, 4.69) is 57.9 Å². The summed E-state index contributed by atoms with van der Waals surface area (Å²) in [7, 11) is 0. The molecule has 326 valence electrons. The molecule has 0 aromatic heterocycles. The van der Waals surface area contributed by atoms with Gasteiger partial charge in [0.15, 0.2) is 0 Å². The first-order valence-corrected chi connectivity index (χ1v) is 24.7. The highest BCUT2D eigenvalue weighted by Crippen LogP contribution is 2.77. The molecule has 6 aliphatic heterocycles. The van der Waals surface area contributed by atoms with Crippen LogP contribution in [0.1, 0.15) is 131 Å². The van der Waals surface area contributed by atoms with Gasteiger partial charge in [0.05, 0.1) is 71.8 Å². The number of hydrogen-bond acceptors (Lipinski definition) is 6. The first-order chi connectivity index (χ1) is 27.6. The Morgan fingerprint density at radius 3 is 1.83 bits per heavy atom. The van der Waals surface area contributed by atoms with E-state index < -0.39 is 0 Å². The maximum absolute atomic E-state index is 13.5. The van der Waals surface area contributed by atoms with Gasteiger partial charge in [-0.1, -0.05) is 46.8 Å². The second-order valence-electron chi connectivity index (χ2n) is 23.9. The molecule has 11 fully saturated rings. The molecule has 8 nitrogen and oxygen atoms in total.